The van der Waals surface area contributed by atoms with Gasteiger partial charge < -0.3 is 4.74 Å². The number of fused-ring (bicyclic) bond motifs is 2. The zero-order valence-electron chi connectivity index (χ0n) is 10.3. The lowest BCUT2D eigenvalue weighted by Gasteiger charge is -2.32. The summed E-state index contributed by atoms with van der Waals surface area (Å²) in [5.41, 5.74) is 0.0886. The largest absolute Gasteiger partial charge is 0.381 e. The van der Waals surface area contributed by atoms with Crippen LogP contribution < -0.4 is 0 Å². The van der Waals surface area contributed by atoms with E-state index in [1.807, 2.05) is 6.92 Å². The summed E-state index contributed by atoms with van der Waals surface area (Å²) in [5.74, 6) is 1.16. The molecule has 0 aromatic carbocycles. The molecular formula is C13H22O2. The molecule has 15 heavy (non-hydrogen) atoms. The minimum absolute atomic E-state index is 0.0839. The van der Waals surface area contributed by atoms with Crippen molar-refractivity contribution in [3.63, 3.8) is 0 Å². The van der Waals surface area contributed by atoms with Crippen LogP contribution in [0.4, 0.5) is 0 Å². The SMILES string of the molecule is CCOCC1C(=O)C2(C)CCC1C2(C)C. The summed E-state index contributed by atoms with van der Waals surface area (Å²) in [6, 6.07) is 0. The summed E-state index contributed by atoms with van der Waals surface area (Å²) in [6.45, 7) is 10.0. The van der Waals surface area contributed by atoms with Crippen molar-refractivity contribution in [2.75, 3.05) is 13.2 Å². The number of carbonyl (C=O) groups is 1. The van der Waals surface area contributed by atoms with E-state index in [4.69, 9.17) is 4.74 Å². The number of hydrogen-bond donors (Lipinski definition) is 0. The van der Waals surface area contributed by atoms with Gasteiger partial charge in [-0.15, -0.1) is 0 Å². The van der Waals surface area contributed by atoms with E-state index in [0.717, 1.165) is 6.42 Å². The Hall–Kier alpha value is -0.370. The second-order valence-electron chi connectivity index (χ2n) is 5.83. The molecule has 0 radical (unpaired) electrons. The topological polar surface area (TPSA) is 26.3 Å². The van der Waals surface area contributed by atoms with Gasteiger partial charge in [0.2, 0.25) is 0 Å². The van der Waals surface area contributed by atoms with Gasteiger partial charge in [-0.2, -0.15) is 0 Å². The van der Waals surface area contributed by atoms with Gasteiger partial charge in [0, 0.05) is 17.9 Å². The number of ether oxygens (including phenoxy) is 1. The molecule has 86 valence electrons. The predicted molar refractivity (Wildman–Crippen MR) is 59.6 cm³/mol. The Morgan fingerprint density at radius 1 is 1.40 bits per heavy atom. The van der Waals surface area contributed by atoms with Crippen molar-refractivity contribution in [3.05, 3.63) is 0 Å². The van der Waals surface area contributed by atoms with Crippen LogP contribution in [0.25, 0.3) is 0 Å². The molecule has 0 amide bonds. The molecule has 2 bridgehead atoms. The van der Waals surface area contributed by atoms with Gasteiger partial charge in [0.1, 0.15) is 5.78 Å². The molecule has 0 heterocycles. The molecule has 2 saturated carbocycles. The lowest BCUT2D eigenvalue weighted by atomic mass is 9.70. The highest BCUT2D eigenvalue weighted by atomic mass is 16.5. The Morgan fingerprint density at radius 3 is 2.53 bits per heavy atom. The maximum atomic E-state index is 12.3. The lowest BCUT2D eigenvalue weighted by molar-refractivity contribution is -0.133. The van der Waals surface area contributed by atoms with Gasteiger partial charge in [-0.1, -0.05) is 20.8 Å². The fourth-order valence-corrected chi connectivity index (χ4v) is 3.71. The summed E-state index contributed by atoms with van der Waals surface area (Å²) in [7, 11) is 0. The summed E-state index contributed by atoms with van der Waals surface area (Å²) < 4.78 is 5.46. The Labute approximate surface area is 92.4 Å². The third kappa shape index (κ3) is 1.24. The van der Waals surface area contributed by atoms with Gasteiger partial charge in [-0.3, -0.25) is 4.79 Å². The monoisotopic (exact) mass is 210 g/mol. The fraction of sp³-hybridized carbons (Fsp3) is 0.923. The molecule has 2 aliphatic carbocycles. The molecule has 2 rings (SSSR count). The van der Waals surface area contributed by atoms with Crippen LogP contribution in [-0.4, -0.2) is 19.0 Å². The zero-order chi connectivity index (χ0) is 11.3. The molecule has 3 atom stereocenters. The highest BCUT2D eigenvalue weighted by molar-refractivity contribution is 5.91. The van der Waals surface area contributed by atoms with E-state index in [0.29, 0.717) is 24.9 Å². The van der Waals surface area contributed by atoms with Crippen LogP contribution in [0.2, 0.25) is 0 Å². The first-order valence-electron chi connectivity index (χ1n) is 6.07. The summed E-state index contributed by atoms with van der Waals surface area (Å²) in [6.07, 6.45) is 2.28. The smallest absolute Gasteiger partial charge is 0.144 e. The fourth-order valence-electron chi connectivity index (χ4n) is 3.71. The van der Waals surface area contributed by atoms with Gasteiger partial charge >= 0.3 is 0 Å². The van der Waals surface area contributed by atoms with E-state index >= 15 is 0 Å². The van der Waals surface area contributed by atoms with Crippen LogP contribution in [0.1, 0.15) is 40.5 Å². The Kier molecular flexibility index (Phi) is 2.45. The number of ketones is 1. The van der Waals surface area contributed by atoms with Crippen molar-refractivity contribution in [2.24, 2.45) is 22.7 Å². The standard InChI is InChI=1S/C13H22O2/c1-5-15-8-9-10-6-7-13(4,11(9)14)12(10,2)3/h9-10H,5-8H2,1-4H3. The molecule has 0 N–H and O–H groups in total. The Balaban J connectivity index is 2.22. The predicted octanol–water partition coefficient (Wildman–Crippen LogP) is 2.66. The molecule has 0 aromatic heterocycles. The molecule has 0 aliphatic heterocycles. The third-order valence-corrected chi connectivity index (χ3v) is 5.17. The number of hydrogen-bond acceptors (Lipinski definition) is 2. The highest BCUT2D eigenvalue weighted by Gasteiger charge is 2.65. The molecule has 2 aliphatic rings. The van der Waals surface area contributed by atoms with E-state index in [9.17, 15) is 4.79 Å². The van der Waals surface area contributed by atoms with Crippen molar-refractivity contribution in [1.82, 2.24) is 0 Å². The first kappa shape index (κ1) is 11.1. The van der Waals surface area contributed by atoms with Gasteiger partial charge in [0.15, 0.2) is 0 Å². The second-order valence-corrected chi connectivity index (χ2v) is 5.83. The molecular weight excluding hydrogens is 188 g/mol. The van der Waals surface area contributed by atoms with E-state index in [-0.39, 0.29) is 16.7 Å². The number of Topliss-reactive ketones (excluding diaryl/α,β-unsaturated/α-hetero) is 1. The van der Waals surface area contributed by atoms with E-state index in [1.54, 1.807) is 0 Å². The van der Waals surface area contributed by atoms with Crippen LogP contribution >= 0.6 is 0 Å². The van der Waals surface area contributed by atoms with Gasteiger partial charge in [-0.05, 0) is 31.1 Å². The molecule has 3 unspecified atom stereocenters. The van der Waals surface area contributed by atoms with Crippen LogP contribution in [0.3, 0.4) is 0 Å². The van der Waals surface area contributed by atoms with Crippen molar-refractivity contribution >= 4 is 5.78 Å². The minimum atomic E-state index is -0.0839. The molecule has 0 saturated heterocycles. The van der Waals surface area contributed by atoms with E-state index in [2.05, 4.69) is 20.8 Å². The van der Waals surface area contributed by atoms with Crippen molar-refractivity contribution in [3.8, 4) is 0 Å². The quantitative estimate of drug-likeness (QED) is 0.716. The summed E-state index contributed by atoms with van der Waals surface area (Å²) >= 11 is 0. The van der Waals surface area contributed by atoms with Crippen LogP contribution in [0.5, 0.6) is 0 Å². The first-order chi connectivity index (χ1) is 6.95. The average molecular weight is 210 g/mol. The van der Waals surface area contributed by atoms with Crippen LogP contribution in [0, 0.1) is 22.7 Å². The highest BCUT2D eigenvalue weighted by Crippen LogP contribution is 2.65. The van der Waals surface area contributed by atoms with Crippen molar-refractivity contribution < 1.29 is 9.53 Å². The maximum Gasteiger partial charge on any atom is 0.144 e. The maximum absolute atomic E-state index is 12.3. The van der Waals surface area contributed by atoms with Crippen molar-refractivity contribution in [1.29, 1.82) is 0 Å². The van der Waals surface area contributed by atoms with Gasteiger partial charge in [0.05, 0.1) is 6.61 Å². The summed E-state index contributed by atoms with van der Waals surface area (Å²) in [5, 5.41) is 0. The van der Waals surface area contributed by atoms with Crippen LogP contribution in [0.15, 0.2) is 0 Å². The molecule has 0 aromatic rings. The average Bonchev–Trinajstić information content (AvgIpc) is 2.48. The van der Waals surface area contributed by atoms with Gasteiger partial charge in [0.25, 0.3) is 0 Å². The van der Waals surface area contributed by atoms with E-state index < -0.39 is 0 Å². The first-order valence-corrected chi connectivity index (χ1v) is 6.07. The molecule has 2 nitrogen and oxygen atoms in total. The summed E-state index contributed by atoms with van der Waals surface area (Å²) in [4.78, 5) is 12.3. The molecule has 2 fully saturated rings. The Bertz CT molecular complexity index is 282. The van der Waals surface area contributed by atoms with Gasteiger partial charge in [-0.25, -0.2) is 0 Å². The second kappa shape index (κ2) is 3.31. The minimum Gasteiger partial charge on any atom is -0.381 e. The normalized spacial score (nSPS) is 42.5. The number of rotatable bonds is 3. The molecule has 2 heteroatoms. The number of carbonyl (C=O) groups excluding carboxylic acids is 1. The van der Waals surface area contributed by atoms with Crippen molar-refractivity contribution in [2.45, 2.75) is 40.5 Å². The molecule has 0 spiro atoms. The third-order valence-electron chi connectivity index (χ3n) is 5.17. The zero-order valence-corrected chi connectivity index (χ0v) is 10.3. The van der Waals surface area contributed by atoms with Crippen LogP contribution in [-0.2, 0) is 9.53 Å². The van der Waals surface area contributed by atoms with E-state index in [1.165, 1.54) is 6.42 Å². The Morgan fingerprint density at radius 2 is 2.07 bits per heavy atom. The lowest BCUT2D eigenvalue weighted by Crippen LogP contribution is -2.34.